The number of nitrogens with zero attached hydrogens (tertiary/aromatic N) is 4. The number of amides is 1. The van der Waals surface area contributed by atoms with Crippen LogP contribution >= 0.6 is 11.3 Å². The summed E-state index contributed by atoms with van der Waals surface area (Å²) in [5.41, 5.74) is 1.07. The lowest BCUT2D eigenvalue weighted by atomic mass is 10.3. The van der Waals surface area contributed by atoms with Gasteiger partial charge < -0.3 is 10.1 Å². The Hall–Kier alpha value is -3.64. The van der Waals surface area contributed by atoms with Gasteiger partial charge in [-0.3, -0.25) is 9.78 Å². The summed E-state index contributed by atoms with van der Waals surface area (Å²) in [4.78, 5) is 20.8. The van der Waals surface area contributed by atoms with Gasteiger partial charge in [0.1, 0.15) is 26.9 Å². The second-order valence-corrected chi connectivity index (χ2v) is 9.51. The Morgan fingerprint density at radius 3 is 2.58 bits per heavy atom. The summed E-state index contributed by atoms with van der Waals surface area (Å²) in [5.74, 6) is 0.410. The Morgan fingerprint density at radius 1 is 1.03 bits per heavy atom. The molecule has 0 atom stereocenters. The van der Waals surface area contributed by atoms with Gasteiger partial charge >= 0.3 is 0 Å². The molecule has 0 saturated heterocycles. The number of aromatic nitrogens is 4. The van der Waals surface area contributed by atoms with E-state index in [9.17, 15) is 13.2 Å². The zero-order valence-corrected chi connectivity index (χ0v) is 18.0. The Bertz CT molecular complexity index is 1390. The predicted octanol–water partition coefficient (Wildman–Crippen LogP) is 2.74. The molecule has 0 fully saturated rings. The van der Waals surface area contributed by atoms with Crippen molar-refractivity contribution in [2.75, 3.05) is 11.8 Å². The number of hydrogen-bond acceptors (Lipinski definition) is 9. The number of hydrogen-bond donors (Lipinski definition) is 2. The summed E-state index contributed by atoms with van der Waals surface area (Å²) in [6, 6.07) is 11.3. The quantitative estimate of drug-likeness (QED) is 0.452. The van der Waals surface area contributed by atoms with Crippen molar-refractivity contribution in [3.05, 3.63) is 59.2 Å². The molecule has 0 saturated carbocycles. The van der Waals surface area contributed by atoms with Crippen molar-refractivity contribution in [3.63, 3.8) is 0 Å². The molecule has 31 heavy (non-hydrogen) atoms. The largest absolute Gasteiger partial charge is 0.457 e. The number of fused-ring (bicyclic) bond motifs is 1. The van der Waals surface area contributed by atoms with Crippen LogP contribution in [-0.4, -0.2) is 41.5 Å². The molecule has 2 N–H and O–H groups in total. The fourth-order valence-corrected chi connectivity index (χ4v) is 4.83. The van der Waals surface area contributed by atoms with Crippen LogP contribution in [0.25, 0.3) is 11.0 Å². The van der Waals surface area contributed by atoms with E-state index in [1.54, 1.807) is 30.3 Å². The highest BCUT2D eigenvalue weighted by Gasteiger charge is 2.18. The van der Waals surface area contributed by atoms with Gasteiger partial charge in [-0.25, -0.2) is 18.1 Å². The maximum absolute atomic E-state index is 12.4. The van der Waals surface area contributed by atoms with Crippen LogP contribution in [0.3, 0.4) is 0 Å². The molecule has 1 amide bonds. The van der Waals surface area contributed by atoms with Crippen molar-refractivity contribution in [3.8, 4) is 11.5 Å². The van der Waals surface area contributed by atoms with Crippen LogP contribution in [0.2, 0.25) is 0 Å². The number of carbonyl (C=O) groups is 1. The van der Waals surface area contributed by atoms with Crippen molar-refractivity contribution in [1.82, 2.24) is 25.5 Å². The zero-order valence-electron chi connectivity index (χ0n) is 16.4. The third-order valence-corrected chi connectivity index (χ3v) is 6.88. The maximum Gasteiger partial charge on any atom is 0.273 e. The number of ether oxygens (including phenoxy) is 1. The number of sulfonamides is 1. The van der Waals surface area contributed by atoms with E-state index in [-0.39, 0.29) is 21.8 Å². The molecule has 0 aliphatic carbocycles. The second kappa shape index (κ2) is 8.24. The second-order valence-electron chi connectivity index (χ2n) is 6.31. The van der Waals surface area contributed by atoms with Crippen molar-refractivity contribution >= 4 is 44.2 Å². The van der Waals surface area contributed by atoms with Crippen LogP contribution in [-0.2, 0) is 10.0 Å². The molecule has 0 radical (unpaired) electrons. The van der Waals surface area contributed by atoms with E-state index < -0.39 is 10.0 Å². The van der Waals surface area contributed by atoms with E-state index in [1.165, 1.54) is 25.4 Å². The SMILES string of the molecule is CNC(=O)c1cc(Oc2ccc3nc(NS(=O)(=O)c4ccc(C)s4)nnc3c2)ccn1. The Kier molecular flexibility index (Phi) is 5.48. The number of pyridine rings is 1. The highest BCUT2D eigenvalue weighted by molar-refractivity contribution is 7.94. The van der Waals surface area contributed by atoms with Gasteiger partial charge in [0.15, 0.2) is 0 Å². The summed E-state index contributed by atoms with van der Waals surface area (Å²) in [7, 11) is -2.27. The molecule has 10 nitrogen and oxygen atoms in total. The Labute approximate surface area is 181 Å². The van der Waals surface area contributed by atoms with Crippen LogP contribution in [0.4, 0.5) is 5.95 Å². The molecule has 0 unspecified atom stereocenters. The van der Waals surface area contributed by atoms with Crippen LogP contribution in [0.5, 0.6) is 11.5 Å². The third kappa shape index (κ3) is 4.59. The molecule has 12 heteroatoms. The van der Waals surface area contributed by atoms with Gasteiger partial charge in [-0.05, 0) is 37.3 Å². The van der Waals surface area contributed by atoms with Crippen molar-refractivity contribution in [1.29, 1.82) is 0 Å². The van der Waals surface area contributed by atoms with E-state index in [1.807, 2.05) is 6.92 Å². The van der Waals surface area contributed by atoms with Gasteiger partial charge in [-0.1, -0.05) is 0 Å². The molecular formula is C19H16N6O4S2. The molecular weight excluding hydrogens is 440 g/mol. The van der Waals surface area contributed by atoms with Crippen LogP contribution in [0, 0.1) is 6.92 Å². The summed E-state index contributed by atoms with van der Waals surface area (Å²) < 4.78 is 33.2. The van der Waals surface area contributed by atoms with E-state index in [4.69, 9.17) is 4.74 Å². The van der Waals surface area contributed by atoms with E-state index >= 15 is 0 Å². The first-order valence-corrected chi connectivity index (χ1v) is 11.2. The first-order valence-electron chi connectivity index (χ1n) is 8.94. The van der Waals surface area contributed by atoms with Gasteiger partial charge in [0, 0.05) is 30.3 Å². The normalized spacial score (nSPS) is 11.3. The number of aryl methyl sites for hydroxylation is 1. The van der Waals surface area contributed by atoms with Crippen molar-refractivity contribution < 1.29 is 17.9 Å². The van der Waals surface area contributed by atoms with E-state index in [0.29, 0.717) is 22.5 Å². The molecule has 0 bridgehead atoms. The summed E-state index contributed by atoms with van der Waals surface area (Å²) in [6.07, 6.45) is 1.47. The third-order valence-electron chi connectivity index (χ3n) is 4.06. The number of anilines is 1. The van der Waals surface area contributed by atoms with Crippen LogP contribution in [0.15, 0.2) is 52.9 Å². The first-order chi connectivity index (χ1) is 14.8. The molecule has 0 spiro atoms. The first kappa shape index (κ1) is 20.6. The monoisotopic (exact) mass is 456 g/mol. The minimum absolute atomic E-state index is 0.128. The average Bonchev–Trinajstić information content (AvgIpc) is 3.20. The molecule has 158 valence electrons. The average molecular weight is 457 g/mol. The van der Waals surface area contributed by atoms with Gasteiger partial charge in [0.25, 0.3) is 21.9 Å². The maximum atomic E-state index is 12.4. The van der Waals surface area contributed by atoms with Crippen molar-refractivity contribution in [2.45, 2.75) is 11.1 Å². The van der Waals surface area contributed by atoms with Gasteiger partial charge in [0.05, 0.1) is 5.52 Å². The molecule has 0 aliphatic heterocycles. The lowest BCUT2D eigenvalue weighted by Gasteiger charge is -2.08. The summed E-state index contributed by atoms with van der Waals surface area (Å²) >= 11 is 1.15. The molecule has 3 aromatic heterocycles. The Balaban J connectivity index is 1.55. The topological polar surface area (TPSA) is 136 Å². The van der Waals surface area contributed by atoms with Gasteiger partial charge in [-0.15, -0.1) is 21.5 Å². The molecule has 1 aromatic carbocycles. The fourth-order valence-electron chi connectivity index (χ4n) is 2.61. The predicted molar refractivity (Wildman–Crippen MR) is 115 cm³/mol. The van der Waals surface area contributed by atoms with E-state index in [2.05, 4.69) is 30.2 Å². The fraction of sp³-hybridized carbons (Fsp3) is 0.105. The number of carbonyl (C=O) groups excluding carboxylic acids is 1. The summed E-state index contributed by atoms with van der Waals surface area (Å²) in [5, 5.41) is 10.4. The molecule has 4 rings (SSSR count). The standard InChI is InChI=1S/C19H16N6O4S2/c1-11-3-6-17(30-11)31(27,28)25-19-22-14-5-4-12(9-15(14)23-24-19)29-13-7-8-21-16(10-13)18(26)20-2/h3-10H,1-2H3,(H,20,26)(H,22,24,25). The number of rotatable bonds is 6. The lowest BCUT2D eigenvalue weighted by molar-refractivity contribution is 0.0958. The minimum atomic E-state index is -3.78. The lowest BCUT2D eigenvalue weighted by Crippen LogP contribution is -2.18. The number of benzene rings is 1. The van der Waals surface area contributed by atoms with Gasteiger partial charge in [-0.2, -0.15) is 0 Å². The minimum Gasteiger partial charge on any atom is -0.457 e. The summed E-state index contributed by atoms with van der Waals surface area (Å²) in [6.45, 7) is 1.82. The van der Waals surface area contributed by atoms with Crippen LogP contribution in [0.1, 0.15) is 15.4 Å². The van der Waals surface area contributed by atoms with Gasteiger partial charge in [0.2, 0.25) is 0 Å². The number of nitrogens with one attached hydrogen (secondary N) is 2. The number of thiophene rings is 1. The highest BCUT2D eigenvalue weighted by Crippen LogP contribution is 2.26. The zero-order chi connectivity index (χ0) is 22.0. The molecule has 4 aromatic rings. The smallest absolute Gasteiger partial charge is 0.273 e. The molecule has 0 aliphatic rings. The molecule has 3 heterocycles. The van der Waals surface area contributed by atoms with Crippen LogP contribution < -0.4 is 14.8 Å². The van der Waals surface area contributed by atoms with E-state index in [0.717, 1.165) is 16.2 Å². The van der Waals surface area contributed by atoms with Crippen molar-refractivity contribution in [2.24, 2.45) is 0 Å². The Morgan fingerprint density at radius 2 is 1.84 bits per heavy atom. The highest BCUT2D eigenvalue weighted by atomic mass is 32.2.